The van der Waals surface area contributed by atoms with E-state index >= 15 is 0 Å². The molecule has 1 aromatic carbocycles. The summed E-state index contributed by atoms with van der Waals surface area (Å²) >= 11 is 6.10. The van der Waals surface area contributed by atoms with Crippen molar-refractivity contribution in [2.45, 2.75) is 25.1 Å². The number of H-pyrrole nitrogens is 1. The number of aromatic amines is 1. The van der Waals surface area contributed by atoms with Gasteiger partial charge in [0.2, 0.25) is 0 Å². The van der Waals surface area contributed by atoms with E-state index in [4.69, 9.17) is 11.6 Å². The highest BCUT2D eigenvalue weighted by Crippen LogP contribution is 2.32. The monoisotopic (exact) mass is 488 g/mol. The number of amides is 2. The van der Waals surface area contributed by atoms with E-state index in [9.17, 15) is 22.8 Å². The minimum atomic E-state index is -4.81. The lowest BCUT2D eigenvalue weighted by atomic mass is 10.1. The number of carbonyl (C=O) groups excluding carboxylic acids is 2. The molecule has 1 saturated carbocycles. The molecule has 12 heteroatoms. The van der Waals surface area contributed by atoms with E-state index in [0.29, 0.717) is 11.6 Å². The van der Waals surface area contributed by atoms with E-state index in [1.807, 2.05) is 0 Å². The largest absolute Gasteiger partial charge is 0.435 e. The highest BCUT2D eigenvalue weighted by Gasteiger charge is 2.37. The number of benzene rings is 1. The van der Waals surface area contributed by atoms with Crippen molar-refractivity contribution in [3.05, 3.63) is 70.8 Å². The standard InChI is InChI=1S/C22H16ClF3N6O2/c23-13-2-1-8-28-19(13)32-15(10-16(31-32)22(24,25)26)20(33)30-14-6-3-11-7-9-27-18(11)17(14)21(34)29-12-4-5-12/h1-3,6-10,12,27H,4-5H2,(H,29,34)(H,30,33). The third-order valence-corrected chi connectivity index (χ3v) is 5.58. The zero-order chi connectivity index (χ0) is 24.0. The lowest BCUT2D eigenvalue weighted by molar-refractivity contribution is -0.141. The Balaban J connectivity index is 1.57. The number of nitrogens with one attached hydrogen (secondary N) is 3. The van der Waals surface area contributed by atoms with Gasteiger partial charge in [0.15, 0.2) is 11.5 Å². The van der Waals surface area contributed by atoms with Gasteiger partial charge in [-0.1, -0.05) is 17.7 Å². The van der Waals surface area contributed by atoms with Crippen LogP contribution in [0.4, 0.5) is 18.9 Å². The molecular formula is C22H16ClF3N6O2. The van der Waals surface area contributed by atoms with Crippen LogP contribution in [0.3, 0.4) is 0 Å². The van der Waals surface area contributed by atoms with E-state index in [2.05, 4.69) is 25.7 Å². The molecule has 3 N–H and O–H groups in total. The van der Waals surface area contributed by atoms with Crippen molar-refractivity contribution < 1.29 is 22.8 Å². The maximum absolute atomic E-state index is 13.4. The van der Waals surface area contributed by atoms with Gasteiger partial charge in [-0.05, 0) is 37.1 Å². The summed E-state index contributed by atoms with van der Waals surface area (Å²) < 4.78 is 41.0. The topological polar surface area (TPSA) is 105 Å². The van der Waals surface area contributed by atoms with Crippen molar-refractivity contribution in [2.24, 2.45) is 0 Å². The van der Waals surface area contributed by atoms with Crippen LogP contribution in [0, 0.1) is 0 Å². The first-order valence-corrected chi connectivity index (χ1v) is 10.6. The van der Waals surface area contributed by atoms with Gasteiger partial charge >= 0.3 is 6.18 Å². The summed E-state index contributed by atoms with van der Waals surface area (Å²) in [6.07, 6.45) is -0.119. The van der Waals surface area contributed by atoms with Gasteiger partial charge in [-0.3, -0.25) is 9.59 Å². The molecule has 0 atom stereocenters. The summed E-state index contributed by atoms with van der Waals surface area (Å²) in [5.41, 5.74) is -0.931. The Kier molecular flexibility index (Phi) is 5.28. The Labute approximate surface area is 195 Å². The fourth-order valence-corrected chi connectivity index (χ4v) is 3.72. The summed E-state index contributed by atoms with van der Waals surface area (Å²) in [5.74, 6) is -1.46. The van der Waals surface area contributed by atoms with Gasteiger partial charge in [0, 0.05) is 29.9 Å². The predicted octanol–water partition coefficient (Wildman–Crippen LogP) is 4.57. The van der Waals surface area contributed by atoms with Crippen molar-refractivity contribution >= 4 is 40.0 Å². The summed E-state index contributed by atoms with van der Waals surface area (Å²) in [6.45, 7) is 0. The van der Waals surface area contributed by atoms with Gasteiger partial charge in [0.1, 0.15) is 5.69 Å². The van der Waals surface area contributed by atoms with Crippen LogP contribution in [0.25, 0.3) is 16.7 Å². The maximum atomic E-state index is 13.4. The van der Waals surface area contributed by atoms with Gasteiger partial charge in [0.05, 0.1) is 21.8 Å². The molecule has 0 unspecified atom stereocenters. The molecule has 0 radical (unpaired) electrons. The number of alkyl halides is 3. The smallest absolute Gasteiger partial charge is 0.360 e. The van der Waals surface area contributed by atoms with E-state index in [-0.39, 0.29) is 28.1 Å². The van der Waals surface area contributed by atoms with Gasteiger partial charge in [-0.15, -0.1) is 0 Å². The average Bonchev–Trinajstić information content (AvgIpc) is 3.28. The molecule has 2 amide bonds. The molecule has 5 rings (SSSR count). The molecule has 174 valence electrons. The molecule has 1 aliphatic rings. The maximum Gasteiger partial charge on any atom is 0.435 e. The average molecular weight is 489 g/mol. The number of hydrogen-bond acceptors (Lipinski definition) is 4. The molecule has 0 bridgehead atoms. The SMILES string of the molecule is O=C(NC1CC1)c1c(NC(=O)c2cc(C(F)(F)F)nn2-c2ncccc2Cl)ccc2cc[nH]c12. The molecule has 1 fully saturated rings. The van der Waals surface area contributed by atoms with Gasteiger partial charge < -0.3 is 15.6 Å². The highest BCUT2D eigenvalue weighted by molar-refractivity contribution is 6.32. The van der Waals surface area contributed by atoms with E-state index in [1.165, 1.54) is 24.4 Å². The first kappa shape index (κ1) is 22.0. The Morgan fingerprint density at radius 3 is 2.65 bits per heavy atom. The third-order valence-electron chi connectivity index (χ3n) is 5.29. The second-order valence-corrected chi connectivity index (χ2v) is 8.17. The number of fused-ring (bicyclic) bond motifs is 1. The van der Waals surface area contributed by atoms with Crippen molar-refractivity contribution in [1.29, 1.82) is 0 Å². The highest BCUT2D eigenvalue weighted by atomic mass is 35.5. The Hall–Kier alpha value is -3.86. The number of hydrogen-bond donors (Lipinski definition) is 3. The fraction of sp³-hybridized carbons (Fsp3) is 0.182. The van der Waals surface area contributed by atoms with Crippen LogP contribution in [-0.4, -0.2) is 37.6 Å². The minimum Gasteiger partial charge on any atom is -0.360 e. The first-order valence-electron chi connectivity index (χ1n) is 10.2. The lowest BCUT2D eigenvalue weighted by Gasteiger charge is -2.13. The van der Waals surface area contributed by atoms with Crippen molar-refractivity contribution in [3.8, 4) is 5.82 Å². The Morgan fingerprint density at radius 2 is 1.94 bits per heavy atom. The van der Waals surface area contributed by atoms with Crippen molar-refractivity contribution in [2.75, 3.05) is 5.32 Å². The summed E-state index contributed by atoms with van der Waals surface area (Å²) in [7, 11) is 0. The van der Waals surface area contributed by atoms with Crippen LogP contribution in [-0.2, 0) is 6.18 Å². The molecule has 1 aliphatic carbocycles. The fourth-order valence-electron chi connectivity index (χ4n) is 3.52. The van der Waals surface area contributed by atoms with Crippen LogP contribution < -0.4 is 10.6 Å². The summed E-state index contributed by atoms with van der Waals surface area (Å²) in [4.78, 5) is 33.1. The van der Waals surface area contributed by atoms with Crippen LogP contribution >= 0.6 is 11.6 Å². The Bertz CT molecular complexity index is 1420. The molecule has 0 saturated heterocycles. The second-order valence-electron chi connectivity index (χ2n) is 7.77. The zero-order valence-corrected chi connectivity index (χ0v) is 18.0. The second kappa shape index (κ2) is 8.17. The summed E-state index contributed by atoms with van der Waals surface area (Å²) in [5, 5.41) is 9.69. The van der Waals surface area contributed by atoms with Crippen LogP contribution in [0.5, 0.6) is 0 Å². The number of halogens is 4. The number of anilines is 1. The van der Waals surface area contributed by atoms with E-state index < -0.39 is 29.4 Å². The van der Waals surface area contributed by atoms with Gasteiger partial charge in [-0.25, -0.2) is 9.67 Å². The quantitative estimate of drug-likeness (QED) is 0.383. The predicted molar refractivity (Wildman–Crippen MR) is 118 cm³/mol. The normalized spacial score (nSPS) is 13.8. The number of aromatic nitrogens is 4. The van der Waals surface area contributed by atoms with Crippen molar-refractivity contribution in [1.82, 2.24) is 25.1 Å². The van der Waals surface area contributed by atoms with Gasteiger partial charge in [0.25, 0.3) is 11.8 Å². The zero-order valence-electron chi connectivity index (χ0n) is 17.3. The van der Waals surface area contributed by atoms with E-state index in [1.54, 1.807) is 18.3 Å². The molecule has 3 heterocycles. The third kappa shape index (κ3) is 4.10. The molecule has 3 aromatic heterocycles. The van der Waals surface area contributed by atoms with Crippen LogP contribution in [0.1, 0.15) is 39.4 Å². The number of carbonyl (C=O) groups is 2. The molecule has 0 aliphatic heterocycles. The lowest BCUT2D eigenvalue weighted by Crippen LogP contribution is -2.27. The van der Waals surface area contributed by atoms with Crippen molar-refractivity contribution in [3.63, 3.8) is 0 Å². The Morgan fingerprint density at radius 1 is 1.15 bits per heavy atom. The molecule has 4 aromatic rings. The van der Waals surface area contributed by atoms with Crippen LogP contribution in [0.2, 0.25) is 5.02 Å². The van der Waals surface area contributed by atoms with E-state index in [0.717, 1.165) is 22.9 Å². The van der Waals surface area contributed by atoms with Crippen LogP contribution in [0.15, 0.2) is 48.8 Å². The minimum absolute atomic E-state index is 0.00526. The molecular weight excluding hydrogens is 473 g/mol. The number of rotatable bonds is 5. The number of nitrogens with zero attached hydrogens (tertiary/aromatic N) is 3. The summed E-state index contributed by atoms with van der Waals surface area (Å²) in [6, 6.07) is 8.55. The molecule has 8 nitrogen and oxygen atoms in total. The number of pyridine rings is 1. The van der Waals surface area contributed by atoms with Gasteiger partial charge in [-0.2, -0.15) is 18.3 Å². The molecule has 34 heavy (non-hydrogen) atoms. The first-order chi connectivity index (χ1) is 16.2. The molecule has 0 spiro atoms.